The van der Waals surface area contributed by atoms with E-state index in [0.717, 1.165) is 5.56 Å². The number of pyridine rings is 1. The van der Waals surface area contributed by atoms with Crippen molar-refractivity contribution in [1.29, 1.82) is 0 Å². The van der Waals surface area contributed by atoms with Gasteiger partial charge in [0.05, 0.1) is 6.61 Å². The van der Waals surface area contributed by atoms with Crippen LogP contribution in [0, 0.1) is 0 Å². The average molecular weight is 272 g/mol. The lowest BCUT2D eigenvalue weighted by Crippen LogP contribution is -2.32. The SMILES string of the molecule is COCCNC(=O)c1c(-c2ccccc2)cc[nH]c1=O. The van der Waals surface area contributed by atoms with Crippen molar-refractivity contribution in [2.75, 3.05) is 20.3 Å². The smallest absolute Gasteiger partial charge is 0.261 e. The summed E-state index contributed by atoms with van der Waals surface area (Å²) in [6.45, 7) is 0.759. The molecule has 2 rings (SSSR count). The van der Waals surface area contributed by atoms with Crippen molar-refractivity contribution in [3.63, 3.8) is 0 Å². The van der Waals surface area contributed by atoms with Crippen LogP contribution in [0.2, 0.25) is 0 Å². The summed E-state index contributed by atoms with van der Waals surface area (Å²) >= 11 is 0. The van der Waals surface area contributed by atoms with Crippen LogP contribution in [0.3, 0.4) is 0 Å². The molecule has 20 heavy (non-hydrogen) atoms. The van der Waals surface area contributed by atoms with Crippen LogP contribution < -0.4 is 10.9 Å². The van der Waals surface area contributed by atoms with Gasteiger partial charge in [0.25, 0.3) is 11.5 Å². The molecule has 0 saturated carbocycles. The Hall–Kier alpha value is -2.40. The van der Waals surface area contributed by atoms with E-state index in [9.17, 15) is 9.59 Å². The number of aromatic amines is 1. The van der Waals surface area contributed by atoms with Gasteiger partial charge in [-0.2, -0.15) is 0 Å². The summed E-state index contributed by atoms with van der Waals surface area (Å²) in [4.78, 5) is 26.6. The highest BCUT2D eigenvalue weighted by molar-refractivity contribution is 6.00. The molecule has 1 aromatic carbocycles. The number of rotatable bonds is 5. The molecule has 2 aromatic rings. The molecule has 0 aliphatic rings. The molecule has 1 aromatic heterocycles. The normalized spacial score (nSPS) is 10.2. The monoisotopic (exact) mass is 272 g/mol. The zero-order valence-electron chi connectivity index (χ0n) is 11.2. The minimum Gasteiger partial charge on any atom is -0.383 e. The number of methoxy groups -OCH3 is 1. The number of hydrogen-bond donors (Lipinski definition) is 2. The molecule has 0 radical (unpaired) electrons. The van der Waals surface area contributed by atoms with Gasteiger partial charge >= 0.3 is 0 Å². The third kappa shape index (κ3) is 3.13. The molecule has 0 saturated heterocycles. The Balaban J connectivity index is 2.37. The minimum atomic E-state index is -0.402. The second-order valence-corrected chi connectivity index (χ2v) is 4.21. The van der Waals surface area contributed by atoms with E-state index in [1.54, 1.807) is 13.2 Å². The van der Waals surface area contributed by atoms with Gasteiger partial charge in [-0.3, -0.25) is 9.59 Å². The lowest BCUT2D eigenvalue weighted by atomic mass is 10.0. The van der Waals surface area contributed by atoms with Gasteiger partial charge in [0.2, 0.25) is 0 Å². The maximum absolute atomic E-state index is 12.1. The van der Waals surface area contributed by atoms with Crippen LogP contribution in [0.5, 0.6) is 0 Å². The van der Waals surface area contributed by atoms with E-state index >= 15 is 0 Å². The highest BCUT2D eigenvalue weighted by atomic mass is 16.5. The molecule has 1 heterocycles. The Morgan fingerprint density at radius 1 is 1.25 bits per heavy atom. The van der Waals surface area contributed by atoms with Crippen LogP contribution in [0.4, 0.5) is 0 Å². The quantitative estimate of drug-likeness (QED) is 0.809. The van der Waals surface area contributed by atoms with E-state index in [0.29, 0.717) is 18.7 Å². The van der Waals surface area contributed by atoms with Gasteiger partial charge in [-0.05, 0) is 11.6 Å². The number of H-pyrrole nitrogens is 1. The van der Waals surface area contributed by atoms with Gasteiger partial charge < -0.3 is 15.0 Å². The van der Waals surface area contributed by atoms with Crippen molar-refractivity contribution >= 4 is 5.91 Å². The fourth-order valence-corrected chi connectivity index (χ4v) is 1.92. The first kappa shape index (κ1) is 14.0. The highest BCUT2D eigenvalue weighted by Crippen LogP contribution is 2.20. The van der Waals surface area contributed by atoms with E-state index < -0.39 is 11.5 Å². The summed E-state index contributed by atoms with van der Waals surface area (Å²) < 4.78 is 4.87. The van der Waals surface area contributed by atoms with Crippen molar-refractivity contribution in [3.05, 3.63) is 58.5 Å². The molecular formula is C15H16N2O3. The molecule has 0 aliphatic heterocycles. The molecule has 104 valence electrons. The van der Waals surface area contributed by atoms with Crippen LogP contribution in [-0.2, 0) is 4.74 Å². The molecule has 0 fully saturated rings. The zero-order valence-corrected chi connectivity index (χ0v) is 11.2. The Bertz CT molecular complexity index is 635. The molecule has 1 amide bonds. The topological polar surface area (TPSA) is 71.2 Å². The van der Waals surface area contributed by atoms with E-state index in [4.69, 9.17) is 4.74 Å². The molecule has 0 unspecified atom stereocenters. The van der Waals surface area contributed by atoms with Gasteiger partial charge in [-0.1, -0.05) is 30.3 Å². The average Bonchev–Trinajstić information content (AvgIpc) is 2.48. The van der Waals surface area contributed by atoms with Gasteiger partial charge in [-0.15, -0.1) is 0 Å². The van der Waals surface area contributed by atoms with Crippen molar-refractivity contribution in [2.45, 2.75) is 0 Å². The van der Waals surface area contributed by atoms with Crippen LogP contribution >= 0.6 is 0 Å². The third-order valence-corrected chi connectivity index (χ3v) is 2.86. The number of amides is 1. The summed E-state index contributed by atoms with van der Waals surface area (Å²) in [5, 5.41) is 2.67. The maximum Gasteiger partial charge on any atom is 0.261 e. The molecule has 0 bridgehead atoms. The number of benzene rings is 1. The summed E-state index contributed by atoms with van der Waals surface area (Å²) in [7, 11) is 1.55. The van der Waals surface area contributed by atoms with Crippen LogP contribution in [0.1, 0.15) is 10.4 Å². The summed E-state index contributed by atoms with van der Waals surface area (Å²) in [6.07, 6.45) is 1.54. The Morgan fingerprint density at radius 2 is 2.00 bits per heavy atom. The number of aromatic nitrogens is 1. The Kier molecular flexibility index (Phi) is 4.68. The van der Waals surface area contributed by atoms with Gasteiger partial charge in [0, 0.05) is 25.4 Å². The number of ether oxygens (including phenoxy) is 1. The first-order valence-corrected chi connectivity index (χ1v) is 6.28. The largest absolute Gasteiger partial charge is 0.383 e. The Morgan fingerprint density at radius 3 is 2.70 bits per heavy atom. The number of nitrogens with one attached hydrogen (secondary N) is 2. The molecule has 5 nitrogen and oxygen atoms in total. The van der Waals surface area contributed by atoms with Gasteiger partial charge in [0.15, 0.2) is 0 Å². The van der Waals surface area contributed by atoms with E-state index in [-0.39, 0.29) is 5.56 Å². The lowest BCUT2D eigenvalue weighted by molar-refractivity contribution is 0.0936. The first-order valence-electron chi connectivity index (χ1n) is 6.28. The number of hydrogen-bond acceptors (Lipinski definition) is 3. The Labute approximate surface area is 116 Å². The lowest BCUT2D eigenvalue weighted by Gasteiger charge is -2.09. The highest BCUT2D eigenvalue weighted by Gasteiger charge is 2.16. The summed E-state index contributed by atoms with van der Waals surface area (Å²) in [5.41, 5.74) is 1.16. The minimum absolute atomic E-state index is 0.120. The summed E-state index contributed by atoms with van der Waals surface area (Å²) in [5.74, 6) is -0.400. The van der Waals surface area contributed by atoms with Crippen molar-refractivity contribution in [2.24, 2.45) is 0 Å². The molecule has 0 spiro atoms. The summed E-state index contributed by atoms with van der Waals surface area (Å²) in [6, 6.07) is 11.1. The van der Waals surface area contributed by atoms with Crippen LogP contribution in [0.15, 0.2) is 47.4 Å². The second-order valence-electron chi connectivity index (χ2n) is 4.21. The fraction of sp³-hybridized carbons (Fsp3) is 0.200. The molecule has 5 heteroatoms. The predicted molar refractivity (Wildman–Crippen MR) is 76.7 cm³/mol. The van der Waals surface area contributed by atoms with Crippen LogP contribution in [-0.4, -0.2) is 31.2 Å². The molecule has 2 N–H and O–H groups in total. The van der Waals surface area contributed by atoms with Crippen molar-refractivity contribution in [1.82, 2.24) is 10.3 Å². The fourth-order valence-electron chi connectivity index (χ4n) is 1.92. The first-order chi connectivity index (χ1) is 9.74. The zero-order chi connectivity index (χ0) is 14.4. The van der Waals surface area contributed by atoms with E-state index in [1.165, 1.54) is 6.20 Å². The standard InChI is InChI=1S/C15H16N2O3/c1-20-10-9-17-15(19)13-12(7-8-16-14(13)18)11-5-3-2-4-6-11/h2-8H,9-10H2,1H3,(H,16,18)(H,17,19). The van der Waals surface area contributed by atoms with Gasteiger partial charge in [0.1, 0.15) is 5.56 Å². The van der Waals surface area contributed by atoms with Gasteiger partial charge in [-0.25, -0.2) is 0 Å². The van der Waals surface area contributed by atoms with E-state index in [1.807, 2.05) is 30.3 Å². The third-order valence-electron chi connectivity index (χ3n) is 2.86. The predicted octanol–water partition coefficient (Wildman–Crippen LogP) is 1.42. The second kappa shape index (κ2) is 6.68. The van der Waals surface area contributed by atoms with E-state index in [2.05, 4.69) is 10.3 Å². The molecular weight excluding hydrogens is 256 g/mol. The maximum atomic E-state index is 12.1. The van der Waals surface area contributed by atoms with Crippen molar-refractivity contribution in [3.8, 4) is 11.1 Å². The van der Waals surface area contributed by atoms with Crippen molar-refractivity contribution < 1.29 is 9.53 Å². The van der Waals surface area contributed by atoms with Crippen LogP contribution in [0.25, 0.3) is 11.1 Å². The number of carbonyl (C=O) groups is 1. The molecule has 0 atom stereocenters. The molecule has 0 aliphatic carbocycles. The number of carbonyl (C=O) groups excluding carboxylic acids is 1.